The second-order valence-electron chi connectivity index (χ2n) is 7.00. The van der Waals surface area contributed by atoms with Crippen LogP contribution in [0.2, 0.25) is 0 Å². The minimum Gasteiger partial charge on any atom is -0.469 e. The Kier molecular flexibility index (Phi) is 6.14. The van der Waals surface area contributed by atoms with Gasteiger partial charge in [0.25, 0.3) is 0 Å². The van der Waals surface area contributed by atoms with E-state index >= 15 is 0 Å². The van der Waals surface area contributed by atoms with Gasteiger partial charge in [0.05, 0.1) is 26.2 Å². The fourth-order valence-corrected chi connectivity index (χ4v) is 3.17. The number of esters is 1. The minimum atomic E-state index is -0.328. The molecule has 0 radical (unpaired) electrons. The Bertz CT molecular complexity index is 975. The molecule has 0 bridgehead atoms. The van der Waals surface area contributed by atoms with Crippen LogP contribution in [0.15, 0.2) is 53.1 Å². The monoisotopic (exact) mass is 379 g/mol. The maximum atomic E-state index is 13.0. The van der Waals surface area contributed by atoms with Gasteiger partial charge in [0, 0.05) is 24.0 Å². The quantitative estimate of drug-likeness (QED) is 0.578. The highest BCUT2D eigenvalue weighted by Crippen LogP contribution is 2.25. The van der Waals surface area contributed by atoms with Crippen molar-refractivity contribution in [2.75, 3.05) is 13.7 Å². The fourth-order valence-electron chi connectivity index (χ4n) is 3.17. The van der Waals surface area contributed by atoms with Crippen LogP contribution in [0, 0.1) is 13.8 Å². The molecule has 1 aromatic heterocycles. The third-order valence-corrected chi connectivity index (χ3v) is 4.99. The summed E-state index contributed by atoms with van der Waals surface area (Å²) in [4.78, 5) is 26.3. The average molecular weight is 379 g/mol. The summed E-state index contributed by atoms with van der Waals surface area (Å²) in [6.45, 7) is 4.85. The lowest BCUT2D eigenvalue weighted by molar-refractivity contribution is -0.141. The minimum absolute atomic E-state index is 0.0475. The van der Waals surface area contributed by atoms with E-state index < -0.39 is 0 Å². The van der Waals surface area contributed by atoms with E-state index in [0.717, 1.165) is 33.2 Å². The molecule has 1 amide bonds. The lowest BCUT2D eigenvalue weighted by Gasteiger charge is -2.22. The Hall–Kier alpha value is -3.08. The number of carbonyl (C=O) groups excluding carboxylic acids is 2. The molecular weight excluding hydrogens is 354 g/mol. The maximum Gasteiger partial charge on any atom is 0.307 e. The van der Waals surface area contributed by atoms with E-state index in [0.29, 0.717) is 13.1 Å². The Balaban J connectivity index is 1.80. The van der Waals surface area contributed by atoms with Gasteiger partial charge < -0.3 is 14.1 Å². The summed E-state index contributed by atoms with van der Waals surface area (Å²) in [5.74, 6) is -0.376. The van der Waals surface area contributed by atoms with Gasteiger partial charge in [0.15, 0.2) is 0 Å². The van der Waals surface area contributed by atoms with E-state index in [1.807, 2.05) is 50.2 Å². The standard InChI is InChI=1S/C23H25NO4/c1-16-11-20-19(15-28-21(20)12-17(16)2)13-22(25)24(10-9-23(26)27-3)14-18-7-5-4-6-8-18/h4-8,11-12,15H,9-10,13-14H2,1-3H3. The van der Waals surface area contributed by atoms with Crippen LogP contribution in [0.4, 0.5) is 0 Å². The molecule has 0 aliphatic rings. The van der Waals surface area contributed by atoms with Crippen LogP contribution in [0.1, 0.15) is 28.7 Å². The van der Waals surface area contributed by atoms with Gasteiger partial charge in [-0.25, -0.2) is 0 Å². The molecule has 146 valence electrons. The number of carbonyl (C=O) groups is 2. The van der Waals surface area contributed by atoms with Crippen LogP contribution < -0.4 is 0 Å². The van der Waals surface area contributed by atoms with Gasteiger partial charge in [-0.15, -0.1) is 0 Å². The summed E-state index contributed by atoms with van der Waals surface area (Å²) in [7, 11) is 1.35. The zero-order chi connectivity index (χ0) is 20.1. The van der Waals surface area contributed by atoms with E-state index in [2.05, 4.69) is 6.07 Å². The van der Waals surface area contributed by atoms with Crippen molar-refractivity contribution >= 4 is 22.8 Å². The first-order valence-corrected chi connectivity index (χ1v) is 9.33. The molecule has 0 saturated carbocycles. The number of hydrogen-bond acceptors (Lipinski definition) is 4. The zero-order valence-electron chi connectivity index (χ0n) is 16.5. The number of nitrogens with zero attached hydrogens (tertiary/aromatic N) is 1. The largest absolute Gasteiger partial charge is 0.469 e. The number of benzene rings is 2. The molecule has 3 rings (SSSR count). The normalized spacial score (nSPS) is 10.8. The highest BCUT2D eigenvalue weighted by molar-refractivity contribution is 5.88. The number of rotatable bonds is 7. The molecule has 0 spiro atoms. The summed E-state index contributed by atoms with van der Waals surface area (Å²) < 4.78 is 10.4. The van der Waals surface area contributed by atoms with Gasteiger partial charge in [0.2, 0.25) is 5.91 Å². The molecule has 5 heteroatoms. The van der Waals surface area contributed by atoms with Crippen LogP contribution in [0.3, 0.4) is 0 Å². The van der Waals surface area contributed by atoms with Crippen molar-refractivity contribution in [1.29, 1.82) is 0 Å². The van der Waals surface area contributed by atoms with Crippen molar-refractivity contribution in [2.45, 2.75) is 33.2 Å². The Morgan fingerprint density at radius 1 is 1.07 bits per heavy atom. The molecule has 0 aliphatic carbocycles. The molecule has 5 nitrogen and oxygen atoms in total. The van der Waals surface area contributed by atoms with Crippen molar-refractivity contribution < 1.29 is 18.7 Å². The van der Waals surface area contributed by atoms with Gasteiger partial charge in [-0.3, -0.25) is 9.59 Å². The van der Waals surface area contributed by atoms with Crippen molar-refractivity contribution in [3.8, 4) is 0 Å². The summed E-state index contributed by atoms with van der Waals surface area (Å²) in [6, 6.07) is 13.8. The molecule has 3 aromatic rings. The third kappa shape index (κ3) is 4.60. The van der Waals surface area contributed by atoms with Gasteiger partial charge in [-0.2, -0.15) is 0 Å². The predicted molar refractivity (Wildman–Crippen MR) is 108 cm³/mol. The molecular formula is C23H25NO4. The Morgan fingerprint density at radius 2 is 1.79 bits per heavy atom. The molecule has 0 fully saturated rings. The molecule has 0 atom stereocenters. The fraction of sp³-hybridized carbons (Fsp3) is 0.304. The number of amides is 1. The highest BCUT2D eigenvalue weighted by atomic mass is 16.5. The predicted octanol–water partition coefficient (Wildman–Crippen LogP) is 4.18. The van der Waals surface area contributed by atoms with Crippen LogP contribution >= 0.6 is 0 Å². The first-order valence-electron chi connectivity index (χ1n) is 9.33. The zero-order valence-corrected chi connectivity index (χ0v) is 16.5. The van der Waals surface area contributed by atoms with E-state index in [-0.39, 0.29) is 24.7 Å². The smallest absolute Gasteiger partial charge is 0.307 e. The van der Waals surface area contributed by atoms with Crippen molar-refractivity contribution in [1.82, 2.24) is 4.90 Å². The second-order valence-corrected chi connectivity index (χ2v) is 7.00. The molecule has 0 unspecified atom stereocenters. The van der Waals surface area contributed by atoms with E-state index in [1.165, 1.54) is 7.11 Å². The third-order valence-electron chi connectivity index (χ3n) is 4.99. The topological polar surface area (TPSA) is 59.8 Å². The Morgan fingerprint density at radius 3 is 2.50 bits per heavy atom. The summed E-state index contributed by atoms with van der Waals surface area (Å²) >= 11 is 0. The van der Waals surface area contributed by atoms with Crippen LogP contribution in [-0.2, 0) is 27.3 Å². The Labute approximate surface area is 164 Å². The van der Waals surface area contributed by atoms with E-state index in [9.17, 15) is 9.59 Å². The number of aryl methyl sites for hydroxylation is 2. The molecule has 2 aromatic carbocycles. The number of ether oxygens (including phenoxy) is 1. The van der Waals surface area contributed by atoms with Gasteiger partial charge >= 0.3 is 5.97 Å². The lowest BCUT2D eigenvalue weighted by Crippen LogP contribution is -2.33. The van der Waals surface area contributed by atoms with Gasteiger partial charge in [-0.1, -0.05) is 30.3 Å². The number of fused-ring (bicyclic) bond motifs is 1. The van der Waals surface area contributed by atoms with Crippen molar-refractivity contribution in [3.05, 3.63) is 71.0 Å². The molecule has 0 N–H and O–H groups in total. The molecule has 0 saturated heterocycles. The van der Waals surface area contributed by atoms with Crippen molar-refractivity contribution in [3.63, 3.8) is 0 Å². The number of hydrogen-bond donors (Lipinski definition) is 0. The highest BCUT2D eigenvalue weighted by Gasteiger charge is 2.19. The number of furan rings is 1. The molecule has 0 aliphatic heterocycles. The summed E-state index contributed by atoms with van der Waals surface area (Å²) in [6.07, 6.45) is 2.05. The number of methoxy groups -OCH3 is 1. The van der Waals surface area contributed by atoms with Gasteiger partial charge in [-0.05, 0) is 42.7 Å². The summed E-state index contributed by atoms with van der Waals surface area (Å²) in [5.41, 5.74) is 4.98. The van der Waals surface area contributed by atoms with Crippen LogP contribution in [0.25, 0.3) is 11.0 Å². The van der Waals surface area contributed by atoms with Crippen molar-refractivity contribution in [2.24, 2.45) is 0 Å². The first-order chi connectivity index (χ1) is 13.5. The first kappa shape index (κ1) is 19.7. The summed E-state index contributed by atoms with van der Waals surface area (Å²) in [5, 5.41) is 0.962. The maximum absolute atomic E-state index is 13.0. The van der Waals surface area contributed by atoms with E-state index in [4.69, 9.17) is 9.15 Å². The van der Waals surface area contributed by atoms with Gasteiger partial charge in [0.1, 0.15) is 5.58 Å². The van der Waals surface area contributed by atoms with Crippen LogP contribution in [0.5, 0.6) is 0 Å². The average Bonchev–Trinajstić information content (AvgIpc) is 3.07. The van der Waals surface area contributed by atoms with Crippen LogP contribution in [-0.4, -0.2) is 30.4 Å². The van der Waals surface area contributed by atoms with E-state index in [1.54, 1.807) is 11.2 Å². The molecule has 28 heavy (non-hydrogen) atoms. The second kappa shape index (κ2) is 8.74. The lowest BCUT2D eigenvalue weighted by atomic mass is 10.0. The SMILES string of the molecule is COC(=O)CCN(Cc1ccccc1)C(=O)Cc1coc2cc(C)c(C)cc12. The molecule has 1 heterocycles.